The van der Waals surface area contributed by atoms with E-state index in [2.05, 4.69) is 6.92 Å². The maximum absolute atomic E-state index is 13.2. The number of halogens is 1. The number of hydrogen-bond acceptors (Lipinski definition) is 1. The molecule has 0 fully saturated rings. The molecule has 0 heterocycles. The van der Waals surface area contributed by atoms with Gasteiger partial charge in [0.15, 0.2) is 0 Å². The zero-order valence-corrected chi connectivity index (χ0v) is 8.53. The molecule has 0 amide bonds. The van der Waals surface area contributed by atoms with Crippen LogP contribution in [-0.2, 0) is 0 Å². The molecule has 1 rings (SSSR count). The number of carbonyl (C=O) groups is 1. The van der Waals surface area contributed by atoms with E-state index < -0.39 is 11.8 Å². The fraction of sp³-hybridized carbons (Fsp3) is 0.250. The summed E-state index contributed by atoms with van der Waals surface area (Å²) in [6.07, 6.45) is 5.70. The van der Waals surface area contributed by atoms with Gasteiger partial charge in [-0.2, -0.15) is 0 Å². The first-order valence-electron chi connectivity index (χ1n) is 4.84. The summed E-state index contributed by atoms with van der Waals surface area (Å²) in [6, 6.07) is 4.11. The molecular formula is C12H13FO2. The Morgan fingerprint density at radius 3 is 2.80 bits per heavy atom. The topological polar surface area (TPSA) is 37.3 Å². The summed E-state index contributed by atoms with van der Waals surface area (Å²) in [7, 11) is 0. The summed E-state index contributed by atoms with van der Waals surface area (Å²) >= 11 is 0. The molecule has 0 aliphatic carbocycles. The molecule has 0 bridgehead atoms. The summed E-state index contributed by atoms with van der Waals surface area (Å²) in [6.45, 7) is 2.05. The number of hydrogen-bond donors (Lipinski definition) is 1. The van der Waals surface area contributed by atoms with Crippen LogP contribution in [-0.4, -0.2) is 11.1 Å². The highest BCUT2D eigenvalue weighted by atomic mass is 19.1. The van der Waals surface area contributed by atoms with Crippen molar-refractivity contribution < 1.29 is 14.3 Å². The maximum Gasteiger partial charge on any atom is 0.338 e. The van der Waals surface area contributed by atoms with Gasteiger partial charge in [0.05, 0.1) is 5.56 Å². The molecule has 0 saturated heterocycles. The molecule has 2 nitrogen and oxygen atoms in total. The third kappa shape index (κ3) is 3.20. The number of benzene rings is 1. The second kappa shape index (κ2) is 5.29. The van der Waals surface area contributed by atoms with Crippen LogP contribution in [0, 0.1) is 5.82 Å². The van der Waals surface area contributed by atoms with Crippen LogP contribution >= 0.6 is 0 Å². The molecule has 80 valence electrons. The quantitative estimate of drug-likeness (QED) is 0.823. The number of carboxylic acids is 1. The van der Waals surface area contributed by atoms with E-state index in [1.54, 1.807) is 12.1 Å². The molecule has 0 radical (unpaired) electrons. The van der Waals surface area contributed by atoms with Gasteiger partial charge >= 0.3 is 5.97 Å². The first-order chi connectivity index (χ1) is 7.15. The maximum atomic E-state index is 13.2. The fourth-order valence-corrected chi connectivity index (χ4v) is 1.19. The van der Waals surface area contributed by atoms with E-state index in [0.717, 1.165) is 12.8 Å². The molecule has 0 aliphatic rings. The molecule has 0 saturated carbocycles. The number of carboxylic acid groups (broad SMARTS) is 1. The van der Waals surface area contributed by atoms with Crippen molar-refractivity contribution in [2.75, 3.05) is 0 Å². The lowest BCUT2D eigenvalue weighted by Crippen LogP contribution is -1.99. The smallest absolute Gasteiger partial charge is 0.338 e. The van der Waals surface area contributed by atoms with Crippen molar-refractivity contribution in [2.45, 2.75) is 19.8 Å². The molecule has 1 N–H and O–H groups in total. The van der Waals surface area contributed by atoms with Gasteiger partial charge in [-0.25, -0.2) is 9.18 Å². The Bertz CT molecular complexity index is 383. The van der Waals surface area contributed by atoms with Gasteiger partial charge in [0.25, 0.3) is 0 Å². The zero-order valence-electron chi connectivity index (χ0n) is 8.53. The molecule has 0 spiro atoms. The van der Waals surface area contributed by atoms with Crippen LogP contribution in [0.4, 0.5) is 4.39 Å². The highest BCUT2D eigenvalue weighted by Gasteiger charge is 2.08. The Hall–Kier alpha value is -1.64. The van der Waals surface area contributed by atoms with Gasteiger partial charge in [0.2, 0.25) is 0 Å². The lowest BCUT2D eigenvalue weighted by molar-refractivity contribution is 0.0692. The highest BCUT2D eigenvalue weighted by Crippen LogP contribution is 2.12. The lowest BCUT2D eigenvalue weighted by Gasteiger charge is -1.98. The molecule has 0 aromatic heterocycles. The average molecular weight is 208 g/mol. The van der Waals surface area contributed by atoms with Gasteiger partial charge in [0.1, 0.15) is 5.82 Å². The number of unbranched alkanes of at least 4 members (excludes halogenated alkanes) is 1. The van der Waals surface area contributed by atoms with Crippen molar-refractivity contribution in [3.63, 3.8) is 0 Å². The molecule has 0 unspecified atom stereocenters. The Morgan fingerprint density at radius 2 is 2.27 bits per heavy atom. The van der Waals surface area contributed by atoms with Crippen LogP contribution in [0.25, 0.3) is 6.08 Å². The number of rotatable bonds is 4. The minimum atomic E-state index is -1.24. The highest BCUT2D eigenvalue weighted by molar-refractivity contribution is 5.88. The Balaban J connectivity index is 2.87. The monoisotopic (exact) mass is 208 g/mol. The van der Waals surface area contributed by atoms with E-state index in [1.807, 2.05) is 6.08 Å². The zero-order chi connectivity index (χ0) is 11.3. The van der Waals surface area contributed by atoms with E-state index >= 15 is 0 Å². The van der Waals surface area contributed by atoms with Crippen molar-refractivity contribution >= 4 is 12.0 Å². The Kier molecular flexibility index (Phi) is 4.03. The van der Waals surface area contributed by atoms with Gasteiger partial charge in [0, 0.05) is 0 Å². The minimum Gasteiger partial charge on any atom is -0.478 e. The normalized spacial score (nSPS) is 10.8. The third-order valence-electron chi connectivity index (χ3n) is 1.99. The number of allylic oxidation sites excluding steroid dienone is 1. The molecular weight excluding hydrogens is 195 g/mol. The van der Waals surface area contributed by atoms with Gasteiger partial charge in [-0.3, -0.25) is 0 Å². The van der Waals surface area contributed by atoms with Crippen molar-refractivity contribution in [3.8, 4) is 0 Å². The summed E-state index contributed by atoms with van der Waals surface area (Å²) < 4.78 is 13.2. The van der Waals surface area contributed by atoms with Crippen molar-refractivity contribution in [1.82, 2.24) is 0 Å². The van der Waals surface area contributed by atoms with E-state index in [4.69, 9.17) is 5.11 Å². The average Bonchev–Trinajstić information content (AvgIpc) is 2.17. The molecule has 0 atom stereocenters. The third-order valence-corrected chi connectivity index (χ3v) is 1.99. The van der Waals surface area contributed by atoms with Crippen LogP contribution in [0.15, 0.2) is 24.3 Å². The molecule has 1 aromatic rings. The van der Waals surface area contributed by atoms with Crippen molar-refractivity contribution in [1.29, 1.82) is 0 Å². The first kappa shape index (κ1) is 11.4. The van der Waals surface area contributed by atoms with Gasteiger partial charge < -0.3 is 5.11 Å². The summed E-state index contributed by atoms with van der Waals surface area (Å²) in [5, 5.41) is 8.61. The van der Waals surface area contributed by atoms with Crippen LogP contribution in [0.5, 0.6) is 0 Å². The molecule has 3 heteroatoms. The molecule has 15 heavy (non-hydrogen) atoms. The van der Waals surface area contributed by atoms with Crippen molar-refractivity contribution in [3.05, 3.63) is 41.2 Å². The minimum absolute atomic E-state index is 0.289. The Labute approximate surface area is 88.1 Å². The van der Waals surface area contributed by atoms with E-state index in [-0.39, 0.29) is 5.56 Å². The lowest BCUT2D eigenvalue weighted by atomic mass is 10.1. The predicted molar refractivity (Wildman–Crippen MR) is 57.3 cm³/mol. The fourth-order valence-electron chi connectivity index (χ4n) is 1.19. The first-order valence-corrected chi connectivity index (χ1v) is 4.84. The SMILES string of the molecule is CCCC=Cc1ccc(C(=O)O)c(F)c1. The summed E-state index contributed by atoms with van der Waals surface area (Å²) in [5.74, 6) is -1.93. The van der Waals surface area contributed by atoms with Gasteiger partial charge in [-0.05, 0) is 24.1 Å². The van der Waals surface area contributed by atoms with Crippen LogP contribution in [0.1, 0.15) is 35.7 Å². The van der Waals surface area contributed by atoms with E-state index in [1.165, 1.54) is 12.1 Å². The second-order valence-electron chi connectivity index (χ2n) is 3.24. The predicted octanol–water partition coefficient (Wildman–Crippen LogP) is 3.34. The van der Waals surface area contributed by atoms with E-state index in [0.29, 0.717) is 5.56 Å². The second-order valence-corrected chi connectivity index (χ2v) is 3.24. The van der Waals surface area contributed by atoms with Crippen LogP contribution in [0.3, 0.4) is 0 Å². The van der Waals surface area contributed by atoms with Gasteiger partial charge in [-0.15, -0.1) is 0 Å². The van der Waals surface area contributed by atoms with Crippen LogP contribution in [0.2, 0.25) is 0 Å². The summed E-state index contributed by atoms with van der Waals surface area (Å²) in [4.78, 5) is 10.5. The summed E-state index contributed by atoms with van der Waals surface area (Å²) in [5.41, 5.74) is 0.397. The Morgan fingerprint density at radius 1 is 1.53 bits per heavy atom. The standard InChI is InChI=1S/C12H13FO2/c1-2-3-4-5-9-6-7-10(12(14)15)11(13)8-9/h4-8H,2-3H2,1H3,(H,14,15). The number of aromatic carboxylic acids is 1. The van der Waals surface area contributed by atoms with Crippen molar-refractivity contribution in [2.24, 2.45) is 0 Å². The largest absolute Gasteiger partial charge is 0.478 e. The molecule has 0 aliphatic heterocycles. The van der Waals surface area contributed by atoms with Gasteiger partial charge in [-0.1, -0.05) is 31.6 Å². The van der Waals surface area contributed by atoms with Crippen LogP contribution < -0.4 is 0 Å². The molecule has 1 aromatic carbocycles. The van der Waals surface area contributed by atoms with E-state index in [9.17, 15) is 9.18 Å².